The van der Waals surface area contributed by atoms with Crippen LogP contribution >= 0.6 is 0 Å². The van der Waals surface area contributed by atoms with Gasteiger partial charge >= 0.3 is 5.97 Å². The Morgan fingerprint density at radius 2 is 1.74 bits per heavy atom. The standard InChI is InChI=1S/C18H16N2O3/c1-12-2-4-13(5-3-12)10-16(18(22)23)20-17(21)15-8-6-14(11-19)7-9-15/h2-9,16H,10H2,1H3,(H,20,21)(H,22,23)/t16-/m1/s1. The van der Waals surface area contributed by atoms with E-state index in [-0.39, 0.29) is 6.42 Å². The van der Waals surface area contributed by atoms with E-state index in [0.29, 0.717) is 11.1 Å². The minimum Gasteiger partial charge on any atom is -0.480 e. The van der Waals surface area contributed by atoms with E-state index in [0.717, 1.165) is 11.1 Å². The molecule has 5 heteroatoms. The fourth-order valence-electron chi connectivity index (χ4n) is 2.10. The van der Waals surface area contributed by atoms with E-state index in [9.17, 15) is 14.7 Å². The highest BCUT2D eigenvalue weighted by Crippen LogP contribution is 2.08. The van der Waals surface area contributed by atoms with Gasteiger partial charge in [-0.1, -0.05) is 29.8 Å². The second-order valence-corrected chi connectivity index (χ2v) is 5.24. The summed E-state index contributed by atoms with van der Waals surface area (Å²) in [5.74, 6) is -1.57. The first-order valence-electron chi connectivity index (χ1n) is 7.09. The van der Waals surface area contributed by atoms with Gasteiger partial charge in [-0.2, -0.15) is 5.26 Å². The van der Waals surface area contributed by atoms with Crippen LogP contribution in [-0.4, -0.2) is 23.0 Å². The number of nitrogens with zero attached hydrogens (tertiary/aromatic N) is 1. The number of nitriles is 1. The summed E-state index contributed by atoms with van der Waals surface area (Å²) in [5.41, 5.74) is 2.68. The number of hydrogen-bond acceptors (Lipinski definition) is 3. The van der Waals surface area contributed by atoms with E-state index >= 15 is 0 Å². The number of rotatable bonds is 5. The van der Waals surface area contributed by atoms with Gasteiger partial charge in [0.1, 0.15) is 6.04 Å². The lowest BCUT2D eigenvalue weighted by Gasteiger charge is -2.15. The molecule has 0 aliphatic carbocycles. The van der Waals surface area contributed by atoms with Crippen molar-refractivity contribution in [1.82, 2.24) is 5.32 Å². The van der Waals surface area contributed by atoms with E-state index in [1.165, 1.54) is 24.3 Å². The van der Waals surface area contributed by atoms with Crippen LogP contribution in [0.5, 0.6) is 0 Å². The summed E-state index contributed by atoms with van der Waals surface area (Å²) in [6, 6.07) is 14.5. The molecule has 1 amide bonds. The summed E-state index contributed by atoms with van der Waals surface area (Å²) in [5, 5.41) is 20.6. The number of aryl methyl sites for hydroxylation is 1. The van der Waals surface area contributed by atoms with Gasteiger partial charge < -0.3 is 10.4 Å². The van der Waals surface area contributed by atoms with E-state index < -0.39 is 17.9 Å². The second kappa shape index (κ2) is 7.23. The van der Waals surface area contributed by atoms with Crippen LogP contribution < -0.4 is 5.32 Å². The van der Waals surface area contributed by atoms with Gasteiger partial charge in [0.05, 0.1) is 11.6 Å². The second-order valence-electron chi connectivity index (χ2n) is 5.24. The number of carboxylic acid groups (broad SMARTS) is 1. The van der Waals surface area contributed by atoms with Crippen molar-refractivity contribution in [2.24, 2.45) is 0 Å². The summed E-state index contributed by atoms with van der Waals surface area (Å²) in [7, 11) is 0. The molecule has 0 saturated carbocycles. The highest BCUT2D eigenvalue weighted by molar-refractivity contribution is 5.96. The Kier molecular flexibility index (Phi) is 5.11. The van der Waals surface area contributed by atoms with Gasteiger partial charge in [0, 0.05) is 12.0 Å². The molecule has 0 bridgehead atoms. The Labute approximate surface area is 134 Å². The average molecular weight is 308 g/mol. The Hall–Kier alpha value is -3.13. The predicted molar refractivity (Wildman–Crippen MR) is 84.9 cm³/mol. The molecule has 5 nitrogen and oxygen atoms in total. The topological polar surface area (TPSA) is 90.2 Å². The van der Waals surface area contributed by atoms with Crippen molar-refractivity contribution in [2.45, 2.75) is 19.4 Å². The molecular formula is C18H16N2O3. The number of carbonyl (C=O) groups is 2. The van der Waals surface area contributed by atoms with Crippen molar-refractivity contribution >= 4 is 11.9 Å². The summed E-state index contributed by atoms with van der Waals surface area (Å²) < 4.78 is 0. The first kappa shape index (κ1) is 16.2. The van der Waals surface area contributed by atoms with Crippen LogP contribution in [-0.2, 0) is 11.2 Å². The number of benzene rings is 2. The Morgan fingerprint density at radius 3 is 2.26 bits per heavy atom. The zero-order valence-electron chi connectivity index (χ0n) is 12.6. The molecule has 1 atom stereocenters. The quantitative estimate of drug-likeness (QED) is 0.886. The summed E-state index contributed by atoms with van der Waals surface area (Å²) in [6.45, 7) is 1.95. The normalized spacial score (nSPS) is 11.3. The molecule has 0 saturated heterocycles. The van der Waals surface area contributed by atoms with Crippen molar-refractivity contribution < 1.29 is 14.7 Å². The highest BCUT2D eigenvalue weighted by Gasteiger charge is 2.21. The third-order valence-electron chi connectivity index (χ3n) is 3.44. The third-order valence-corrected chi connectivity index (χ3v) is 3.44. The van der Waals surface area contributed by atoms with Gasteiger partial charge in [-0.25, -0.2) is 4.79 Å². The lowest BCUT2D eigenvalue weighted by atomic mass is 10.0. The SMILES string of the molecule is Cc1ccc(C[C@@H](NC(=O)c2ccc(C#N)cc2)C(=O)O)cc1. The maximum Gasteiger partial charge on any atom is 0.326 e. The maximum atomic E-state index is 12.1. The molecule has 0 radical (unpaired) electrons. The third kappa shape index (κ3) is 4.42. The van der Waals surface area contributed by atoms with Crippen molar-refractivity contribution in [3.63, 3.8) is 0 Å². The molecule has 0 aliphatic rings. The van der Waals surface area contributed by atoms with Crippen molar-refractivity contribution in [1.29, 1.82) is 5.26 Å². The zero-order chi connectivity index (χ0) is 16.8. The summed E-state index contributed by atoms with van der Waals surface area (Å²) >= 11 is 0. The van der Waals surface area contributed by atoms with E-state index in [4.69, 9.17) is 5.26 Å². The van der Waals surface area contributed by atoms with E-state index in [1.54, 1.807) is 0 Å². The van der Waals surface area contributed by atoms with Gasteiger partial charge in [-0.3, -0.25) is 4.79 Å². The molecular weight excluding hydrogens is 292 g/mol. The molecule has 0 aromatic heterocycles. The smallest absolute Gasteiger partial charge is 0.326 e. The van der Waals surface area contributed by atoms with Crippen molar-refractivity contribution in [2.75, 3.05) is 0 Å². The number of carbonyl (C=O) groups excluding carboxylic acids is 1. The fourth-order valence-corrected chi connectivity index (χ4v) is 2.10. The van der Waals surface area contributed by atoms with Gasteiger partial charge in [-0.05, 0) is 36.8 Å². The molecule has 0 unspecified atom stereocenters. The van der Waals surface area contributed by atoms with Gasteiger partial charge in [0.2, 0.25) is 0 Å². The molecule has 2 rings (SSSR count). The van der Waals surface area contributed by atoms with Crippen LogP contribution in [0.2, 0.25) is 0 Å². The van der Waals surface area contributed by atoms with Crippen molar-refractivity contribution in [3.8, 4) is 6.07 Å². The lowest BCUT2D eigenvalue weighted by Crippen LogP contribution is -2.42. The largest absolute Gasteiger partial charge is 0.480 e. The molecule has 0 spiro atoms. The average Bonchev–Trinajstić information content (AvgIpc) is 2.56. The van der Waals surface area contributed by atoms with Crippen LogP contribution in [0.4, 0.5) is 0 Å². The van der Waals surface area contributed by atoms with Crippen LogP contribution in [0.1, 0.15) is 27.0 Å². The minimum absolute atomic E-state index is 0.206. The van der Waals surface area contributed by atoms with E-state index in [2.05, 4.69) is 5.32 Å². The number of amides is 1. The molecule has 0 heterocycles. The molecule has 23 heavy (non-hydrogen) atoms. The summed E-state index contributed by atoms with van der Waals surface area (Å²) in [6.07, 6.45) is 0.206. The predicted octanol–water partition coefficient (Wildman–Crippen LogP) is 2.29. The van der Waals surface area contributed by atoms with Crippen LogP contribution in [0.3, 0.4) is 0 Å². The van der Waals surface area contributed by atoms with Gasteiger partial charge in [0.15, 0.2) is 0 Å². The molecule has 2 aromatic rings. The minimum atomic E-state index is -1.09. The molecule has 0 aliphatic heterocycles. The molecule has 0 fully saturated rings. The number of aliphatic carboxylic acids is 1. The lowest BCUT2D eigenvalue weighted by molar-refractivity contribution is -0.139. The fraction of sp³-hybridized carbons (Fsp3) is 0.167. The number of carboxylic acids is 1. The Bertz CT molecular complexity index is 743. The van der Waals surface area contributed by atoms with Crippen LogP contribution in [0, 0.1) is 18.3 Å². The Balaban J connectivity index is 2.09. The monoisotopic (exact) mass is 308 g/mol. The summed E-state index contributed by atoms with van der Waals surface area (Å²) in [4.78, 5) is 23.5. The number of nitrogens with one attached hydrogen (secondary N) is 1. The van der Waals surface area contributed by atoms with Gasteiger partial charge in [-0.15, -0.1) is 0 Å². The van der Waals surface area contributed by atoms with Gasteiger partial charge in [0.25, 0.3) is 5.91 Å². The highest BCUT2D eigenvalue weighted by atomic mass is 16.4. The molecule has 116 valence electrons. The first-order valence-corrected chi connectivity index (χ1v) is 7.09. The zero-order valence-corrected chi connectivity index (χ0v) is 12.6. The van der Waals surface area contributed by atoms with Crippen LogP contribution in [0.25, 0.3) is 0 Å². The molecule has 2 N–H and O–H groups in total. The number of hydrogen-bond donors (Lipinski definition) is 2. The van der Waals surface area contributed by atoms with Crippen molar-refractivity contribution in [3.05, 3.63) is 70.8 Å². The maximum absolute atomic E-state index is 12.1. The first-order chi connectivity index (χ1) is 11.0. The molecule has 2 aromatic carbocycles. The van der Waals surface area contributed by atoms with Crippen LogP contribution in [0.15, 0.2) is 48.5 Å². The van der Waals surface area contributed by atoms with E-state index in [1.807, 2.05) is 37.3 Å². The Morgan fingerprint density at radius 1 is 1.13 bits per heavy atom.